The van der Waals surface area contributed by atoms with Crippen molar-refractivity contribution < 1.29 is 142 Å². The largest absolute Gasteiger partial charge is 0.492 e. The number of nitrogens with one attached hydrogen (secondary N) is 2. The molecular formula is C52H66F6N6O24S. The number of fused-ring (bicyclic) bond motifs is 3. The Bertz CT molecular complexity index is 2830. The molecule has 5 aliphatic rings. The highest BCUT2D eigenvalue weighted by Gasteiger charge is 2.57. The second kappa shape index (κ2) is 32.1. The predicted octanol–water partition coefficient (Wildman–Crippen LogP) is -3.06. The number of esters is 2. The third-order valence-corrected chi connectivity index (χ3v) is 15.4. The third kappa shape index (κ3) is 18.9. The second-order valence-corrected chi connectivity index (χ2v) is 21.5. The maximum atomic E-state index is 13.6. The van der Waals surface area contributed by atoms with Crippen LogP contribution in [0.25, 0.3) is 10.9 Å². The Kier molecular flexibility index (Phi) is 25.3. The highest BCUT2D eigenvalue weighted by Crippen LogP contribution is 2.34. The number of halogens is 6. The molecule has 4 unspecified atom stereocenters. The van der Waals surface area contributed by atoms with E-state index in [0.717, 1.165) is 16.7 Å². The van der Waals surface area contributed by atoms with Crippen LogP contribution in [0.2, 0.25) is 0 Å². The van der Waals surface area contributed by atoms with E-state index >= 15 is 0 Å². The lowest BCUT2D eigenvalue weighted by molar-refractivity contribution is -0.300. The van der Waals surface area contributed by atoms with Crippen LogP contribution in [-0.2, 0) is 92.3 Å². The Morgan fingerprint density at radius 3 is 1.70 bits per heavy atom. The normalized spacial score (nSPS) is 25.5. The first-order valence-corrected chi connectivity index (χ1v) is 28.7. The number of aromatic nitrogens is 1. The lowest BCUT2D eigenvalue weighted by atomic mass is 9.94. The molecule has 7 rings (SSSR count). The summed E-state index contributed by atoms with van der Waals surface area (Å²) in [4.78, 5) is 114. The molecule has 89 heavy (non-hydrogen) atoms. The summed E-state index contributed by atoms with van der Waals surface area (Å²) in [6, 6.07) is 1.23. The number of amides is 6. The number of benzene rings is 1. The smallest absolute Gasteiger partial charge is 0.471 e. The van der Waals surface area contributed by atoms with Crippen molar-refractivity contribution in [2.24, 2.45) is 0 Å². The quantitative estimate of drug-likeness (QED) is 0.0196. The lowest BCUT2D eigenvalue weighted by Gasteiger charge is -2.49. The molecule has 11 atom stereocenters. The first kappa shape index (κ1) is 70.1. The number of hydrogen-bond donors (Lipinski definition) is 6. The van der Waals surface area contributed by atoms with Gasteiger partial charge in [0.15, 0.2) is 12.6 Å². The maximum absolute atomic E-state index is 13.6. The summed E-state index contributed by atoms with van der Waals surface area (Å²) in [6.45, 7) is -4.04. The third-order valence-electron chi connectivity index (χ3n) is 14.1. The first-order valence-electron chi connectivity index (χ1n) is 27.6. The van der Waals surface area contributed by atoms with E-state index in [1.54, 1.807) is 6.07 Å². The average Bonchev–Trinajstić information content (AvgIpc) is 1.45. The molecule has 0 radical (unpaired) electrons. The van der Waals surface area contributed by atoms with E-state index < -0.39 is 172 Å². The van der Waals surface area contributed by atoms with Gasteiger partial charge in [-0.1, -0.05) is 0 Å². The highest BCUT2D eigenvalue weighted by molar-refractivity contribution is 8.01. The summed E-state index contributed by atoms with van der Waals surface area (Å²) in [5.74, 6) is -8.24. The van der Waals surface area contributed by atoms with Crippen LogP contribution < -0.4 is 15.4 Å². The second-order valence-electron chi connectivity index (χ2n) is 20.3. The summed E-state index contributed by atoms with van der Waals surface area (Å²) < 4.78 is 140. The van der Waals surface area contributed by atoms with Gasteiger partial charge < -0.3 is 97.5 Å². The topological polar surface area (TPSA) is 375 Å². The van der Waals surface area contributed by atoms with Crippen molar-refractivity contribution in [2.45, 2.75) is 98.8 Å². The van der Waals surface area contributed by atoms with Crippen LogP contribution >= 0.6 is 11.8 Å². The zero-order valence-electron chi connectivity index (χ0n) is 47.4. The molecule has 30 nitrogen and oxygen atoms in total. The van der Waals surface area contributed by atoms with Crippen molar-refractivity contribution in [2.75, 3.05) is 124 Å². The number of thioether (sulfide) groups is 1. The van der Waals surface area contributed by atoms with Crippen LogP contribution in [0.4, 0.5) is 26.3 Å². The lowest BCUT2D eigenvalue weighted by Crippen LogP contribution is -2.70. The van der Waals surface area contributed by atoms with Crippen molar-refractivity contribution in [3.05, 3.63) is 30.0 Å². The molecule has 1 aromatic heterocycles. The number of imide groups is 1. The number of ether oxygens (including phenoxy) is 11. The fourth-order valence-corrected chi connectivity index (χ4v) is 10.8. The number of Topliss-reactive ketones (excluding diaryl/α,β-unsaturated/α-hetero) is 1. The van der Waals surface area contributed by atoms with Crippen molar-refractivity contribution in [3.8, 4) is 5.75 Å². The minimum absolute atomic E-state index is 0.0193. The standard InChI is InChI=1S/C52H66F6N6O24S/c1-27(65)26-89-34-19-37(68)62(45(34)74)4-7-82-28-2-3-31-29(18-28)30(46(75)84-17-15-79-11-13-81-25-36(67)60-21-33-42(71)44(73)40-48(88-33)86-9-6-64(40)50(77)52(56,57)58)22-61(31)23-38(69)83-16-14-78-10-12-80-24-35(66)59-20-32-41(70)43(72)39-47(87-32)85-8-5-63(39)49(76)51(53,54)55/h2-3,18,22,32-34,39-44,47-48,70-73H,4-17,19-21,23-26H2,1H3,(H,59,66)(H,60,67)/t32?,33-,34?,39-,40-,41+,42+,43-,44-,47?,48?/m1/s1. The van der Waals surface area contributed by atoms with Gasteiger partial charge in [0, 0.05) is 49.7 Å². The molecule has 6 heterocycles. The molecule has 1 aromatic carbocycles. The van der Waals surface area contributed by atoms with Gasteiger partial charge in [0.2, 0.25) is 23.6 Å². The average molecular weight is 1310 g/mol. The molecular weight excluding hydrogens is 1240 g/mol. The zero-order valence-corrected chi connectivity index (χ0v) is 48.2. The minimum Gasteiger partial charge on any atom is -0.492 e. The molecule has 37 heteroatoms. The number of aliphatic hydroxyl groups excluding tert-OH is 4. The molecule has 5 saturated heterocycles. The number of carbonyl (C=O) groups is 9. The van der Waals surface area contributed by atoms with Crippen LogP contribution in [0.3, 0.4) is 0 Å². The van der Waals surface area contributed by atoms with Crippen LogP contribution in [0, 0.1) is 0 Å². The van der Waals surface area contributed by atoms with E-state index in [9.17, 15) is 89.9 Å². The Labute approximate surface area is 505 Å². The summed E-state index contributed by atoms with van der Waals surface area (Å²) >= 11 is 1.08. The number of carbonyl (C=O) groups excluding carboxylic acids is 9. The van der Waals surface area contributed by atoms with Gasteiger partial charge in [-0.05, 0) is 25.1 Å². The van der Waals surface area contributed by atoms with Crippen LogP contribution in [0.5, 0.6) is 5.75 Å². The summed E-state index contributed by atoms with van der Waals surface area (Å²) in [6.07, 6.45) is -22.4. The van der Waals surface area contributed by atoms with Gasteiger partial charge in [-0.15, -0.1) is 11.8 Å². The number of ketones is 1. The molecule has 6 amide bonds. The molecule has 0 saturated carbocycles. The number of nitrogens with zero attached hydrogens (tertiary/aromatic N) is 4. The molecule has 496 valence electrons. The van der Waals surface area contributed by atoms with Gasteiger partial charge >= 0.3 is 36.1 Å². The number of hydrogen-bond acceptors (Lipinski definition) is 25. The van der Waals surface area contributed by atoms with Crippen molar-refractivity contribution in [1.29, 1.82) is 0 Å². The molecule has 6 N–H and O–H groups in total. The van der Waals surface area contributed by atoms with Crippen molar-refractivity contribution >= 4 is 75.8 Å². The minimum atomic E-state index is -5.25. The fraction of sp³-hybridized carbons (Fsp3) is 0.673. The van der Waals surface area contributed by atoms with Crippen molar-refractivity contribution in [1.82, 2.24) is 29.9 Å². The SMILES string of the molecule is CC(=O)CSC1CC(=O)N(CCOc2ccc3c(c2)c(C(=O)OCCOCCOCC(=O)NC[C@H]2OC4OCCN(C(=O)C(F)(F)F)[C@@H]4[C@@H](O)[C@H]2O)cn3CC(=O)OCCOCCOCC(=O)NCC2OC3OCCN(C(=O)C(F)(F)F)[C@@H]3[C@@H](O)[C@H]2O)C1=O. The molecule has 2 aromatic rings. The Hall–Kier alpha value is -6.36. The van der Waals surface area contributed by atoms with Crippen LogP contribution in [-0.4, -0.2) is 296 Å². The monoisotopic (exact) mass is 1300 g/mol. The first-order chi connectivity index (χ1) is 42.2. The molecule has 0 aliphatic carbocycles. The van der Waals surface area contributed by atoms with Crippen molar-refractivity contribution in [3.63, 3.8) is 0 Å². The Morgan fingerprint density at radius 1 is 0.674 bits per heavy atom. The fourth-order valence-electron chi connectivity index (χ4n) is 9.86. The van der Waals surface area contributed by atoms with Crippen LogP contribution in [0.1, 0.15) is 23.7 Å². The molecule has 0 bridgehead atoms. The highest BCUT2D eigenvalue weighted by atomic mass is 32.2. The summed E-state index contributed by atoms with van der Waals surface area (Å²) in [7, 11) is 0. The van der Waals surface area contributed by atoms with Gasteiger partial charge in [0.1, 0.15) is 99.8 Å². The number of alkyl halides is 6. The van der Waals surface area contributed by atoms with Gasteiger partial charge in [0.25, 0.3) is 0 Å². The van der Waals surface area contributed by atoms with E-state index in [-0.39, 0.29) is 114 Å². The number of aliphatic hydroxyl groups is 4. The Morgan fingerprint density at radius 2 is 1.18 bits per heavy atom. The van der Waals surface area contributed by atoms with E-state index in [1.807, 2.05) is 0 Å². The van der Waals surface area contributed by atoms with Gasteiger partial charge in [-0.3, -0.25) is 43.3 Å². The predicted molar refractivity (Wildman–Crippen MR) is 283 cm³/mol. The molecule has 5 fully saturated rings. The van der Waals surface area contributed by atoms with E-state index in [4.69, 9.17) is 52.1 Å². The Balaban J connectivity index is 0.818. The maximum Gasteiger partial charge on any atom is 0.471 e. The van der Waals surface area contributed by atoms with Gasteiger partial charge in [0.05, 0.1) is 76.0 Å². The summed E-state index contributed by atoms with van der Waals surface area (Å²) in [5, 5.41) is 46.7. The van der Waals surface area contributed by atoms with Crippen LogP contribution in [0.15, 0.2) is 24.4 Å². The van der Waals surface area contributed by atoms with Gasteiger partial charge in [-0.25, -0.2) is 4.79 Å². The number of likely N-dealkylation sites (tertiary alicyclic amines) is 1. The van der Waals surface area contributed by atoms with Gasteiger partial charge in [-0.2, -0.15) is 26.3 Å². The van der Waals surface area contributed by atoms with E-state index in [0.29, 0.717) is 15.3 Å². The van der Waals surface area contributed by atoms with E-state index in [2.05, 4.69) is 10.6 Å². The molecule has 0 spiro atoms. The summed E-state index contributed by atoms with van der Waals surface area (Å²) in [5.41, 5.74) is 0.335. The number of rotatable bonds is 30. The van der Waals surface area contributed by atoms with E-state index in [1.165, 1.54) is 29.8 Å². The zero-order chi connectivity index (χ0) is 64.7. The molecule has 5 aliphatic heterocycles. The number of morpholine rings is 2.